The van der Waals surface area contributed by atoms with Gasteiger partial charge in [-0.15, -0.1) is 0 Å². The summed E-state index contributed by atoms with van der Waals surface area (Å²) in [5.74, 6) is 0. The summed E-state index contributed by atoms with van der Waals surface area (Å²) >= 11 is 6.03. The van der Waals surface area contributed by atoms with Crippen molar-refractivity contribution in [2.45, 2.75) is 38.8 Å². The van der Waals surface area contributed by atoms with Gasteiger partial charge in [0.1, 0.15) is 6.07 Å². The molecule has 0 bridgehead atoms. The second kappa shape index (κ2) is 7.37. The van der Waals surface area contributed by atoms with Gasteiger partial charge in [-0.2, -0.15) is 5.26 Å². The van der Waals surface area contributed by atoms with Crippen molar-refractivity contribution in [1.29, 1.82) is 5.26 Å². The highest BCUT2D eigenvalue weighted by Crippen LogP contribution is 2.23. The van der Waals surface area contributed by atoms with E-state index in [2.05, 4.69) is 5.32 Å². The van der Waals surface area contributed by atoms with Gasteiger partial charge in [0.25, 0.3) is 0 Å². The predicted octanol–water partition coefficient (Wildman–Crippen LogP) is 3.63. The van der Waals surface area contributed by atoms with E-state index in [1.54, 1.807) is 17.0 Å². The maximum absolute atomic E-state index is 11.8. The minimum atomic E-state index is -0.241. The fourth-order valence-corrected chi connectivity index (χ4v) is 2.64. The molecule has 1 saturated heterocycles. The molecule has 1 aromatic carbocycles. The molecule has 0 saturated carbocycles. The van der Waals surface area contributed by atoms with Crippen molar-refractivity contribution in [2.24, 2.45) is 0 Å². The van der Waals surface area contributed by atoms with Crippen LogP contribution in [0.15, 0.2) is 18.2 Å². The summed E-state index contributed by atoms with van der Waals surface area (Å²) < 4.78 is 5.20. The number of anilines is 1. The molecule has 1 amide bonds. The Hall–Kier alpha value is -1.93. The zero-order chi connectivity index (χ0) is 16.1. The summed E-state index contributed by atoms with van der Waals surface area (Å²) in [4.78, 5) is 13.6. The predicted molar refractivity (Wildman–Crippen MR) is 86.0 cm³/mol. The number of carbonyl (C=O) groups excluding carboxylic acids is 1. The molecule has 1 heterocycles. The number of piperidine rings is 1. The first kappa shape index (κ1) is 16.4. The van der Waals surface area contributed by atoms with E-state index in [1.165, 1.54) is 0 Å². The summed E-state index contributed by atoms with van der Waals surface area (Å²) in [6, 6.07) is 7.65. The van der Waals surface area contributed by atoms with Crippen LogP contribution in [0.1, 0.15) is 32.3 Å². The Labute approximate surface area is 135 Å². The summed E-state index contributed by atoms with van der Waals surface area (Å²) in [5.41, 5.74) is 1.37. The number of nitrogens with zero attached hydrogens (tertiary/aromatic N) is 2. The number of ether oxygens (including phenoxy) is 1. The lowest BCUT2D eigenvalue weighted by molar-refractivity contribution is 0.0701. The van der Waals surface area contributed by atoms with Gasteiger partial charge in [0.2, 0.25) is 0 Å². The minimum absolute atomic E-state index is 0.0934. The van der Waals surface area contributed by atoms with Gasteiger partial charge in [-0.25, -0.2) is 4.79 Å². The summed E-state index contributed by atoms with van der Waals surface area (Å²) in [6.45, 7) is 5.04. The summed E-state index contributed by atoms with van der Waals surface area (Å²) in [7, 11) is 0. The molecule has 0 unspecified atom stereocenters. The largest absolute Gasteiger partial charge is 0.447 e. The average Bonchev–Trinajstić information content (AvgIpc) is 2.47. The molecule has 0 spiro atoms. The van der Waals surface area contributed by atoms with Crippen molar-refractivity contribution in [3.05, 3.63) is 28.8 Å². The number of carbonyl (C=O) groups is 1. The molecule has 0 atom stereocenters. The lowest BCUT2D eigenvalue weighted by Gasteiger charge is -2.32. The number of benzene rings is 1. The van der Waals surface area contributed by atoms with Gasteiger partial charge < -0.3 is 15.0 Å². The van der Waals surface area contributed by atoms with E-state index in [-0.39, 0.29) is 18.2 Å². The zero-order valence-electron chi connectivity index (χ0n) is 12.8. The van der Waals surface area contributed by atoms with Gasteiger partial charge in [0.05, 0.1) is 16.7 Å². The van der Waals surface area contributed by atoms with Crippen LogP contribution in [0, 0.1) is 11.3 Å². The van der Waals surface area contributed by atoms with Crippen LogP contribution in [0.2, 0.25) is 5.02 Å². The van der Waals surface area contributed by atoms with Gasteiger partial charge in [-0.3, -0.25) is 0 Å². The van der Waals surface area contributed by atoms with E-state index in [4.69, 9.17) is 21.6 Å². The lowest BCUT2D eigenvalue weighted by atomic mass is 10.0. The second-order valence-electron chi connectivity index (χ2n) is 5.64. The van der Waals surface area contributed by atoms with Gasteiger partial charge in [0, 0.05) is 24.8 Å². The summed E-state index contributed by atoms with van der Waals surface area (Å²) in [6.07, 6.45) is 1.37. The number of rotatable bonds is 3. The Morgan fingerprint density at radius 2 is 2.14 bits per heavy atom. The Balaban J connectivity index is 1.86. The van der Waals surface area contributed by atoms with Crippen molar-refractivity contribution < 1.29 is 9.53 Å². The molecule has 22 heavy (non-hydrogen) atoms. The first-order valence-corrected chi connectivity index (χ1v) is 7.79. The second-order valence-corrected chi connectivity index (χ2v) is 6.05. The number of nitriles is 1. The highest BCUT2D eigenvalue weighted by atomic mass is 35.5. The third-order valence-electron chi connectivity index (χ3n) is 3.55. The number of likely N-dealkylation sites (tertiary alicyclic amines) is 1. The molecule has 5 nitrogen and oxygen atoms in total. The van der Waals surface area contributed by atoms with Crippen molar-refractivity contribution >= 4 is 23.4 Å². The molecule has 118 valence electrons. The molecule has 0 radical (unpaired) electrons. The number of halogens is 1. The first-order chi connectivity index (χ1) is 10.5. The molecular weight excluding hydrogens is 302 g/mol. The Morgan fingerprint density at radius 1 is 1.45 bits per heavy atom. The molecular formula is C16H20ClN3O2. The lowest BCUT2D eigenvalue weighted by Crippen LogP contribution is -2.43. The normalized spacial score (nSPS) is 15.5. The summed E-state index contributed by atoms with van der Waals surface area (Å²) in [5, 5.41) is 12.7. The van der Waals surface area contributed by atoms with Gasteiger partial charge in [-0.05, 0) is 44.9 Å². The van der Waals surface area contributed by atoms with Gasteiger partial charge >= 0.3 is 6.09 Å². The number of amides is 1. The highest BCUT2D eigenvalue weighted by Gasteiger charge is 2.24. The van der Waals surface area contributed by atoms with E-state index in [0.29, 0.717) is 23.7 Å². The SMILES string of the molecule is CC(C)OC(=O)N1CCC(Nc2ccc(C#N)c(Cl)c2)CC1. The smallest absolute Gasteiger partial charge is 0.410 e. The van der Waals surface area contributed by atoms with E-state index < -0.39 is 0 Å². The molecule has 6 heteroatoms. The quantitative estimate of drug-likeness (QED) is 0.923. The van der Waals surface area contributed by atoms with Crippen LogP contribution in [-0.4, -0.2) is 36.2 Å². The average molecular weight is 322 g/mol. The van der Waals surface area contributed by atoms with Gasteiger partial charge in [-0.1, -0.05) is 11.6 Å². The standard InChI is InChI=1S/C16H20ClN3O2/c1-11(2)22-16(21)20-7-5-13(6-8-20)19-14-4-3-12(10-18)15(17)9-14/h3-4,9,11,13,19H,5-8H2,1-2H3. The van der Waals surface area contributed by atoms with Crippen molar-refractivity contribution in [1.82, 2.24) is 4.90 Å². The molecule has 1 fully saturated rings. The van der Waals surface area contributed by atoms with Crippen molar-refractivity contribution in [2.75, 3.05) is 18.4 Å². The molecule has 1 aromatic rings. The first-order valence-electron chi connectivity index (χ1n) is 7.41. The molecule has 1 aliphatic rings. The van der Waals surface area contributed by atoms with Gasteiger partial charge in [0.15, 0.2) is 0 Å². The fourth-order valence-electron chi connectivity index (χ4n) is 2.41. The minimum Gasteiger partial charge on any atom is -0.447 e. The molecule has 1 N–H and O–H groups in total. The third kappa shape index (κ3) is 4.28. The highest BCUT2D eigenvalue weighted by molar-refractivity contribution is 6.32. The molecule has 1 aliphatic heterocycles. The molecule has 2 rings (SSSR count). The Kier molecular flexibility index (Phi) is 5.51. The van der Waals surface area contributed by atoms with E-state index in [1.807, 2.05) is 26.0 Å². The topological polar surface area (TPSA) is 65.4 Å². The van der Waals surface area contributed by atoms with Crippen LogP contribution in [0.3, 0.4) is 0 Å². The zero-order valence-corrected chi connectivity index (χ0v) is 13.6. The van der Waals surface area contributed by atoms with Crippen LogP contribution < -0.4 is 5.32 Å². The van der Waals surface area contributed by atoms with Crippen LogP contribution in [0.4, 0.5) is 10.5 Å². The maximum atomic E-state index is 11.8. The fraction of sp³-hybridized carbons (Fsp3) is 0.500. The number of nitrogens with one attached hydrogen (secondary N) is 1. The van der Waals surface area contributed by atoms with Crippen molar-refractivity contribution in [3.8, 4) is 6.07 Å². The Bertz CT molecular complexity index is 575. The third-order valence-corrected chi connectivity index (χ3v) is 3.86. The molecule has 0 aliphatic carbocycles. The van der Waals surface area contributed by atoms with E-state index in [9.17, 15) is 4.79 Å². The number of hydrogen-bond acceptors (Lipinski definition) is 4. The molecule has 0 aromatic heterocycles. The van der Waals surface area contributed by atoms with E-state index >= 15 is 0 Å². The van der Waals surface area contributed by atoms with Crippen LogP contribution in [0.25, 0.3) is 0 Å². The maximum Gasteiger partial charge on any atom is 0.410 e. The van der Waals surface area contributed by atoms with E-state index in [0.717, 1.165) is 18.5 Å². The number of hydrogen-bond donors (Lipinski definition) is 1. The van der Waals surface area contributed by atoms with Crippen molar-refractivity contribution in [3.63, 3.8) is 0 Å². The van der Waals surface area contributed by atoms with Crippen LogP contribution >= 0.6 is 11.6 Å². The van der Waals surface area contributed by atoms with Crippen LogP contribution in [-0.2, 0) is 4.74 Å². The Morgan fingerprint density at radius 3 is 2.68 bits per heavy atom. The van der Waals surface area contributed by atoms with Crippen LogP contribution in [0.5, 0.6) is 0 Å². The monoisotopic (exact) mass is 321 g/mol.